The third-order valence-corrected chi connectivity index (χ3v) is 6.07. The van der Waals surface area contributed by atoms with E-state index in [1.807, 2.05) is 110 Å². The van der Waals surface area contributed by atoms with Gasteiger partial charge in [-0.25, -0.2) is 9.97 Å². The Morgan fingerprint density at radius 2 is 1.67 bits per heavy atom. The number of aliphatic hydroxyl groups excluding tert-OH is 1. The molecule has 0 saturated carbocycles. The van der Waals surface area contributed by atoms with Crippen molar-refractivity contribution in [3.8, 4) is 17.0 Å². The molecule has 0 aliphatic heterocycles. The summed E-state index contributed by atoms with van der Waals surface area (Å²) < 4.78 is 5.87. The number of hydrogen-bond donors (Lipinski definition) is 3. The third-order valence-electron chi connectivity index (χ3n) is 6.07. The van der Waals surface area contributed by atoms with E-state index in [-0.39, 0.29) is 12.5 Å². The molecule has 6 nitrogen and oxygen atoms in total. The molecule has 3 aromatic carbocycles. The first-order chi connectivity index (χ1) is 17.7. The number of anilines is 2. The van der Waals surface area contributed by atoms with E-state index in [0.29, 0.717) is 12.6 Å². The van der Waals surface area contributed by atoms with E-state index >= 15 is 0 Å². The standard InChI is InChI=1S/C30H28N4O2/c1-21-17-32-30(33-25-12-14-26(15-13-25)36-20-22-8-4-2-5-9-22)34-29(21)24-16-28(31-18-24)27(19-35)23-10-6-3-7-11-23/h2-18,27,31,35H,19-20H2,1H3,(H,32,33,34). The molecule has 2 aromatic heterocycles. The second-order valence-corrected chi connectivity index (χ2v) is 8.64. The molecule has 1 unspecified atom stereocenters. The van der Waals surface area contributed by atoms with E-state index < -0.39 is 0 Å². The molecule has 0 saturated heterocycles. The maximum absolute atomic E-state index is 10.0. The second kappa shape index (κ2) is 10.9. The Hall–Kier alpha value is -4.42. The van der Waals surface area contributed by atoms with Crippen LogP contribution in [0, 0.1) is 6.92 Å². The molecule has 0 radical (unpaired) electrons. The van der Waals surface area contributed by atoms with Crippen molar-refractivity contribution in [2.75, 3.05) is 11.9 Å². The highest BCUT2D eigenvalue weighted by Gasteiger charge is 2.17. The Morgan fingerprint density at radius 1 is 0.944 bits per heavy atom. The molecule has 180 valence electrons. The number of H-pyrrole nitrogens is 1. The van der Waals surface area contributed by atoms with Crippen LogP contribution in [0.5, 0.6) is 5.75 Å². The highest BCUT2D eigenvalue weighted by Crippen LogP contribution is 2.29. The van der Waals surface area contributed by atoms with Gasteiger partial charge in [-0.3, -0.25) is 0 Å². The van der Waals surface area contributed by atoms with Gasteiger partial charge in [0.2, 0.25) is 5.95 Å². The molecule has 6 heteroatoms. The summed E-state index contributed by atoms with van der Waals surface area (Å²) in [4.78, 5) is 12.6. The summed E-state index contributed by atoms with van der Waals surface area (Å²) in [6.45, 7) is 2.54. The minimum Gasteiger partial charge on any atom is -0.489 e. The summed E-state index contributed by atoms with van der Waals surface area (Å²) in [7, 11) is 0. The Balaban J connectivity index is 1.29. The SMILES string of the molecule is Cc1cnc(Nc2ccc(OCc3ccccc3)cc2)nc1-c1c[nH]c(C(CO)c2ccccc2)c1. The second-order valence-electron chi connectivity index (χ2n) is 8.64. The van der Waals surface area contributed by atoms with Crippen LogP contribution in [0.3, 0.4) is 0 Å². The molecule has 5 aromatic rings. The molecular weight excluding hydrogens is 448 g/mol. The molecule has 0 spiro atoms. The van der Waals surface area contributed by atoms with Crippen molar-refractivity contribution in [1.29, 1.82) is 0 Å². The van der Waals surface area contributed by atoms with Gasteiger partial charge in [0.25, 0.3) is 0 Å². The number of nitrogens with one attached hydrogen (secondary N) is 2. The Labute approximate surface area is 210 Å². The summed E-state index contributed by atoms with van der Waals surface area (Å²) >= 11 is 0. The number of aliphatic hydroxyl groups is 1. The van der Waals surface area contributed by atoms with Crippen LogP contribution in [0.1, 0.15) is 28.3 Å². The molecule has 0 fully saturated rings. The van der Waals surface area contributed by atoms with Gasteiger partial charge in [0, 0.05) is 35.3 Å². The van der Waals surface area contributed by atoms with Crippen molar-refractivity contribution < 1.29 is 9.84 Å². The maximum atomic E-state index is 10.0. The van der Waals surface area contributed by atoms with Gasteiger partial charge in [-0.05, 0) is 53.9 Å². The van der Waals surface area contributed by atoms with E-state index in [1.165, 1.54) is 0 Å². The molecule has 36 heavy (non-hydrogen) atoms. The highest BCUT2D eigenvalue weighted by molar-refractivity contribution is 5.66. The molecule has 3 N–H and O–H groups in total. The molecule has 0 aliphatic carbocycles. The lowest BCUT2D eigenvalue weighted by Crippen LogP contribution is -2.06. The summed E-state index contributed by atoms with van der Waals surface area (Å²) in [5.41, 5.74) is 6.76. The van der Waals surface area contributed by atoms with Gasteiger partial charge in [0.1, 0.15) is 12.4 Å². The number of ether oxygens (including phenoxy) is 1. The minimum atomic E-state index is -0.123. The topological polar surface area (TPSA) is 83.1 Å². The van der Waals surface area contributed by atoms with Crippen LogP contribution in [0.25, 0.3) is 11.3 Å². The van der Waals surface area contributed by atoms with Gasteiger partial charge in [0.15, 0.2) is 0 Å². The fourth-order valence-corrected chi connectivity index (χ4v) is 4.12. The summed E-state index contributed by atoms with van der Waals surface area (Å²) in [5.74, 6) is 1.19. The number of aromatic nitrogens is 3. The Morgan fingerprint density at radius 3 is 2.39 bits per heavy atom. The van der Waals surface area contributed by atoms with Gasteiger partial charge in [-0.2, -0.15) is 0 Å². The van der Waals surface area contributed by atoms with Crippen LogP contribution in [0.4, 0.5) is 11.6 Å². The van der Waals surface area contributed by atoms with Gasteiger partial charge in [-0.1, -0.05) is 60.7 Å². The first kappa shape index (κ1) is 23.3. The maximum Gasteiger partial charge on any atom is 0.227 e. The average molecular weight is 477 g/mol. The van der Waals surface area contributed by atoms with Crippen molar-refractivity contribution in [3.63, 3.8) is 0 Å². The highest BCUT2D eigenvalue weighted by atomic mass is 16.5. The van der Waals surface area contributed by atoms with Gasteiger partial charge >= 0.3 is 0 Å². The molecule has 0 aliphatic rings. The van der Waals surface area contributed by atoms with Gasteiger partial charge < -0.3 is 20.1 Å². The number of hydrogen-bond acceptors (Lipinski definition) is 5. The lowest BCUT2D eigenvalue weighted by Gasteiger charge is -2.13. The first-order valence-electron chi connectivity index (χ1n) is 11.9. The first-order valence-corrected chi connectivity index (χ1v) is 11.9. The summed E-state index contributed by atoms with van der Waals surface area (Å²) in [5, 5.41) is 13.3. The predicted octanol–water partition coefficient (Wildman–Crippen LogP) is 6.23. The number of aryl methyl sites for hydroxylation is 1. The van der Waals surface area contributed by atoms with Crippen LogP contribution in [-0.2, 0) is 6.61 Å². The normalized spacial score (nSPS) is 11.7. The number of benzene rings is 3. The van der Waals surface area contributed by atoms with E-state index in [0.717, 1.165) is 45.1 Å². The van der Waals surface area contributed by atoms with Crippen LogP contribution < -0.4 is 10.1 Å². The van der Waals surface area contributed by atoms with Crippen molar-refractivity contribution in [3.05, 3.63) is 126 Å². The summed E-state index contributed by atoms with van der Waals surface area (Å²) in [6, 6.07) is 29.9. The van der Waals surface area contributed by atoms with Crippen LogP contribution in [0.2, 0.25) is 0 Å². The van der Waals surface area contributed by atoms with E-state index in [2.05, 4.69) is 15.3 Å². The molecule has 0 bridgehead atoms. The van der Waals surface area contributed by atoms with Crippen molar-refractivity contribution in [2.24, 2.45) is 0 Å². The zero-order valence-electron chi connectivity index (χ0n) is 20.1. The molecule has 1 atom stereocenters. The molecule has 0 amide bonds. The van der Waals surface area contributed by atoms with Crippen LogP contribution >= 0.6 is 0 Å². The van der Waals surface area contributed by atoms with E-state index in [9.17, 15) is 5.11 Å². The monoisotopic (exact) mass is 476 g/mol. The third kappa shape index (κ3) is 5.45. The number of aromatic amines is 1. The Bertz CT molecular complexity index is 1400. The van der Waals surface area contributed by atoms with Crippen molar-refractivity contribution >= 4 is 11.6 Å². The van der Waals surface area contributed by atoms with Crippen molar-refractivity contribution in [2.45, 2.75) is 19.4 Å². The lowest BCUT2D eigenvalue weighted by atomic mass is 9.96. The Kier molecular flexibility index (Phi) is 7.05. The molecule has 5 rings (SSSR count). The van der Waals surface area contributed by atoms with Crippen LogP contribution in [-0.4, -0.2) is 26.7 Å². The summed E-state index contributed by atoms with van der Waals surface area (Å²) in [6.07, 6.45) is 3.74. The number of nitrogens with zero attached hydrogens (tertiary/aromatic N) is 2. The average Bonchev–Trinajstić information content (AvgIpc) is 3.41. The van der Waals surface area contributed by atoms with E-state index in [4.69, 9.17) is 9.72 Å². The van der Waals surface area contributed by atoms with Gasteiger partial charge in [-0.15, -0.1) is 0 Å². The smallest absolute Gasteiger partial charge is 0.227 e. The zero-order valence-corrected chi connectivity index (χ0v) is 20.1. The minimum absolute atomic E-state index is 0.0184. The van der Waals surface area contributed by atoms with Crippen molar-refractivity contribution in [1.82, 2.24) is 15.0 Å². The largest absolute Gasteiger partial charge is 0.489 e. The number of rotatable bonds is 9. The van der Waals surface area contributed by atoms with Crippen LogP contribution in [0.15, 0.2) is 103 Å². The fraction of sp³-hybridized carbons (Fsp3) is 0.133. The van der Waals surface area contributed by atoms with E-state index in [1.54, 1.807) is 0 Å². The predicted molar refractivity (Wildman–Crippen MR) is 142 cm³/mol. The molecule has 2 heterocycles. The van der Waals surface area contributed by atoms with Gasteiger partial charge in [0.05, 0.1) is 12.3 Å². The lowest BCUT2D eigenvalue weighted by molar-refractivity contribution is 0.279. The molecular formula is C30H28N4O2. The quantitative estimate of drug-likeness (QED) is 0.235. The fourth-order valence-electron chi connectivity index (χ4n) is 4.12. The zero-order chi connectivity index (χ0) is 24.7.